The Morgan fingerprint density at radius 1 is 0.969 bits per heavy atom. The van der Waals surface area contributed by atoms with Gasteiger partial charge in [-0.1, -0.05) is 12.1 Å². The first-order valence-corrected chi connectivity index (χ1v) is 11.0. The first-order chi connectivity index (χ1) is 15.1. The molecule has 0 fully saturated rings. The van der Waals surface area contributed by atoms with Gasteiger partial charge in [0.1, 0.15) is 12.1 Å². The summed E-state index contributed by atoms with van der Waals surface area (Å²) in [5, 5.41) is 0.921. The number of nitrogens with one attached hydrogen (secondary N) is 1. The van der Waals surface area contributed by atoms with Gasteiger partial charge in [-0.2, -0.15) is 13.2 Å². The van der Waals surface area contributed by atoms with Crippen molar-refractivity contribution in [2.24, 2.45) is 0 Å². The molecule has 2 aromatic carbocycles. The average Bonchev–Trinajstić information content (AvgIpc) is 2.72. The highest BCUT2D eigenvalue weighted by molar-refractivity contribution is 7.92. The number of anilines is 1. The number of sulfonamides is 1. The summed E-state index contributed by atoms with van der Waals surface area (Å²) in [5.74, 6) is 0.568. The van der Waals surface area contributed by atoms with Crippen LogP contribution >= 0.6 is 0 Å². The Bertz CT molecular complexity index is 1410. The maximum absolute atomic E-state index is 13.1. The Balaban J connectivity index is 1.71. The number of fused-ring (bicyclic) bond motifs is 1. The number of halogens is 3. The van der Waals surface area contributed by atoms with Crippen molar-refractivity contribution in [2.75, 3.05) is 11.0 Å². The van der Waals surface area contributed by atoms with Crippen LogP contribution in [0.25, 0.3) is 22.2 Å². The molecule has 164 valence electrons. The molecular weight excluding hydrogens is 445 g/mol. The normalized spacial score (nSPS) is 12.0. The minimum Gasteiger partial charge on any atom is -0.439 e. The standard InChI is InChI=1S/C21H15F3N4O3S/c1-32(29,30)28-19-9-14(21(22,23)24)5-7-16(19)18-11-20(27-12-26-18)31-15-6-4-13-3-2-8-25-17(13)10-15/h2-12,28H,1H3. The van der Waals surface area contributed by atoms with Crippen molar-refractivity contribution in [3.8, 4) is 22.9 Å². The Labute approximate surface area is 181 Å². The minimum atomic E-state index is -4.64. The van der Waals surface area contributed by atoms with Gasteiger partial charge in [-0.05, 0) is 30.3 Å². The van der Waals surface area contributed by atoms with Gasteiger partial charge >= 0.3 is 6.18 Å². The van der Waals surface area contributed by atoms with Gasteiger partial charge in [-0.3, -0.25) is 9.71 Å². The van der Waals surface area contributed by atoms with Gasteiger partial charge in [0.15, 0.2) is 0 Å². The van der Waals surface area contributed by atoms with E-state index in [4.69, 9.17) is 4.74 Å². The van der Waals surface area contributed by atoms with E-state index in [1.165, 1.54) is 12.4 Å². The van der Waals surface area contributed by atoms with Crippen molar-refractivity contribution in [1.82, 2.24) is 15.0 Å². The zero-order chi connectivity index (χ0) is 22.9. The Kier molecular flexibility index (Phi) is 5.43. The third-order valence-corrected chi connectivity index (χ3v) is 4.95. The van der Waals surface area contributed by atoms with Gasteiger partial charge < -0.3 is 4.74 Å². The highest BCUT2D eigenvalue weighted by Crippen LogP contribution is 2.36. The Morgan fingerprint density at radius 3 is 2.53 bits per heavy atom. The van der Waals surface area contributed by atoms with Crippen molar-refractivity contribution in [1.29, 1.82) is 0 Å². The van der Waals surface area contributed by atoms with Gasteiger partial charge in [0.25, 0.3) is 0 Å². The summed E-state index contributed by atoms with van der Waals surface area (Å²) >= 11 is 0. The molecule has 0 spiro atoms. The first-order valence-electron chi connectivity index (χ1n) is 9.13. The third-order valence-electron chi connectivity index (χ3n) is 4.36. The predicted molar refractivity (Wildman–Crippen MR) is 113 cm³/mol. The van der Waals surface area contributed by atoms with Crippen LogP contribution in [0, 0.1) is 0 Å². The van der Waals surface area contributed by atoms with Gasteiger partial charge in [0, 0.05) is 29.3 Å². The lowest BCUT2D eigenvalue weighted by Crippen LogP contribution is -2.13. The van der Waals surface area contributed by atoms with E-state index >= 15 is 0 Å². The van der Waals surface area contributed by atoms with Crippen LogP contribution in [0.4, 0.5) is 18.9 Å². The van der Waals surface area contributed by atoms with E-state index in [1.54, 1.807) is 18.3 Å². The van der Waals surface area contributed by atoms with Crippen LogP contribution in [0.3, 0.4) is 0 Å². The van der Waals surface area contributed by atoms with E-state index in [9.17, 15) is 21.6 Å². The van der Waals surface area contributed by atoms with E-state index in [2.05, 4.69) is 19.7 Å². The molecule has 2 heterocycles. The SMILES string of the molecule is CS(=O)(=O)Nc1cc(C(F)(F)F)ccc1-c1cc(Oc2ccc3cccnc3c2)ncn1. The maximum atomic E-state index is 13.1. The lowest BCUT2D eigenvalue weighted by atomic mass is 10.1. The number of ether oxygens (including phenoxy) is 1. The number of alkyl halides is 3. The lowest BCUT2D eigenvalue weighted by Gasteiger charge is -2.14. The van der Waals surface area contributed by atoms with Crippen molar-refractivity contribution in [3.63, 3.8) is 0 Å². The largest absolute Gasteiger partial charge is 0.439 e. The summed E-state index contributed by atoms with van der Waals surface area (Å²) in [6.45, 7) is 0. The van der Waals surface area contributed by atoms with Gasteiger partial charge in [0.05, 0.1) is 28.7 Å². The van der Waals surface area contributed by atoms with Crippen molar-refractivity contribution >= 4 is 26.6 Å². The molecule has 7 nitrogen and oxygen atoms in total. The highest BCUT2D eigenvalue weighted by atomic mass is 32.2. The van der Waals surface area contributed by atoms with Crippen LogP contribution in [0.15, 0.2) is 67.1 Å². The predicted octanol–water partition coefficient (Wildman–Crippen LogP) is 4.87. The number of benzene rings is 2. The molecule has 0 saturated carbocycles. The molecule has 0 saturated heterocycles. The molecule has 32 heavy (non-hydrogen) atoms. The molecule has 0 aliphatic heterocycles. The van der Waals surface area contributed by atoms with E-state index in [-0.39, 0.29) is 22.8 Å². The molecule has 0 unspecified atom stereocenters. The molecule has 0 amide bonds. The summed E-state index contributed by atoms with van der Waals surface area (Å²) < 4.78 is 70.7. The average molecular weight is 460 g/mol. The number of hydrogen-bond donors (Lipinski definition) is 1. The van der Waals surface area contributed by atoms with E-state index in [0.717, 1.165) is 23.8 Å². The Hall–Kier alpha value is -3.73. The summed E-state index contributed by atoms with van der Waals surface area (Å²) in [6.07, 6.45) is -0.975. The molecule has 0 bridgehead atoms. The molecule has 4 rings (SSSR count). The molecule has 0 atom stereocenters. The fraction of sp³-hybridized carbons (Fsp3) is 0.0952. The molecule has 1 N–H and O–H groups in total. The zero-order valence-corrected chi connectivity index (χ0v) is 17.3. The van der Waals surface area contributed by atoms with Crippen LogP contribution in [0.5, 0.6) is 11.6 Å². The summed E-state index contributed by atoms with van der Waals surface area (Å²) in [7, 11) is -3.85. The molecule has 0 radical (unpaired) electrons. The first kappa shape index (κ1) is 21.5. The van der Waals surface area contributed by atoms with Crippen LogP contribution in [0.1, 0.15) is 5.56 Å². The Morgan fingerprint density at radius 2 is 1.78 bits per heavy atom. The summed E-state index contributed by atoms with van der Waals surface area (Å²) in [4.78, 5) is 12.3. The minimum absolute atomic E-state index is 0.121. The van der Waals surface area contributed by atoms with E-state index in [1.807, 2.05) is 18.2 Å². The van der Waals surface area contributed by atoms with Crippen LogP contribution in [-0.4, -0.2) is 29.6 Å². The van der Waals surface area contributed by atoms with Gasteiger partial charge in [-0.15, -0.1) is 0 Å². The number of hydrogen-bond acceptors (Lipinski definition) is 6. The van der Waals surface area contributed by atoms with Crippen LogP contribution < -0.4 is 9.46 Å². The number of rotatable bonds is 5. The molecule has 2 aromatic heterocycles. The van der Waals surface area contributed by atoms with Crippen molar-refractivity contribution in [2.45, 2.75) is 6.18 Å². The number of nitrogens with zero attached hydrogens (tertiary/aromatic N) is 3. The highest BCUT2D eigenvalue weighted by Gasteiger charge is 2.31. The maximum Gasteiger partial charge on any atom is 0.416 e. The van der Waals surface area contributed by atoms with Crippen molar-refractivity contribution in [3.05, 3.63) is 72.7 Å². The van der Waals surface area contributed by atoms with Crippen LogP contribution in [0.2, 0.25) is 0 Å². The second-order valence-corrected chi connectivity index (χ2v) is 8.58. The second-order valence-electron chi connectivity index (χ2n) is 6.83. The topological polar surface area (TPSA) is 94.1 Å². The molecule has 0 aliphatic carbocycles. The molecular formula is C21H15F3N4O3S. The smallest absolute Gasteiger partial charge is 0.416 e. The summed E-state index contributed by atoms with van der Waals surface area (Å²) in [5.41, 5.74) is -0.241. The number of aromatic nitrogens is 3. The van der Waals surface area contributed by atoms with Gasteiger partial charge in [-0.25, -0.2) is 18.4 Å². The number of pyridine rings is 1. The molecule has 4 aromatic rings. The monoisotopic (exact) mass is 460 g/mol. The molecule has 0 aliphatic rings. The zero-order valence-electron chi connectivity index (χ0n) is 16.5. The van der Waals surface area contributed by atoms with Crippen LogP contribution in [-0.2, 0) is 16.2 Å². The van der Waals surface area contributed by atoms with Gasteiger partial charge in [0.2, 0.25) is 15.9 Å². The quantitative estimate of drug-likeness (QED) is 0.457. The van der Waals surface area contributed by atoms with E-state index < -0.39 is 21.8 Å². The summed E-state index contributed by atoms with van der Waals surface area (Å²) in [6, 6.07) is 13.1. The lowest BCUT2D eigenvalue weighted by molar-refractivity contribution is -0.137. The third kappa shape index (κ3) is 4.94. The van der Waals surface area contributed by atoms with E-state index in [0.29, 0.717) is 17.3 Å². The van der Waals surface area contributed by atoms with Crippen molar-refractivity contribution < 1.29 is 26.3 Å². The second kappa shape index (κ2) is 8.08. The fourth-order valence-corrected chi connectivity index (χ4v) is 3.57. The molecule has 11 heteroatoms. The fourth-order valence-electron chi connectivity index (χ4n) is 3.00.